The molecule has 0 fully saturated rings. The van der Waals surface area contributed by atoms with Crippen LogP contribution in [-0.2, 0) is 14.8 Å². The second-order valence-corrected chi connectivity index (χ2v) is 6.48. The summed E-state index contributed by atoms with van der Waals surface area (Å²) in [5, 5.41) is 19.6. The van der Waals surface area contributed by atoms with Crippen molar-refractivity contribution < 1.29 is 27.6 Å². The van der Waals surface area contributed by atoms with Crippen molar-refractivity contribution in [1.82, 2.24) is 4.31 Å². The molecule has 0 atom stereocenters. The molecule has 0 aliphatic carbocycles. The summed E-state index contributed by atoms with van der Waals surface area (Å²) < 4.78 is 39.1. The van der Waals surface area contributed by atoms with Gasteiger partial charge in [-0.3, -0.25) is 14.9 Å². The normalized spacial score (nSPS) is 11.6. The lowest BCUT2D eigenvalue weighted by Crippen LogP contribution is -2.36. The summed E-state index contributed by atoms with van der Waals surface area (Å²) in [6.07, 6.45) is 0.336. The average molecular weight is 334 g/mol. The number of rotatable bonds is 7. The molecule has 1 aromatic carbocycles. The zero-order chi connectivity index (χ0) is 17.1. The van der Waals surface area contributed by atoms with Crippen LogP contribution in [0.3, 0.4) is 0 Å². The lowest BCUT2D eigenvalue weighted by Gasteiger charge is -2.19. The monoisotopic (exact) mass is 334 g/mol. The third kappa shape index (κ3) is 3.77. The first-order valence-corrected chi connectivity index (χ1v) is 7.71. The van der Waals surface area contributed by atoms with Crippen LogP contribution in [0.15, 0.2) is 17.0 Å². The van der Waals surface area contributed by atoms with Crippen LogP contribution in [0.25, 0.3) is 0 Å². The van der Waals surface area contributed by atoms with E-state index in [-0.39, 0.29) is 12.1 Å². The Bertz CT molecular complexity index is 704. The molecular formula is C12H15FN2O6S. The maximum Gasteiger partial charge on any atom is 0.318 e. The van der Waals surface area contributed by atoms with E-state index in [9.17, 15) is 27.7 Å². The van der Waals surface area contributed by atoms with Crippen molar-refractivity contribution in [2.75, 3.05) is 13.1 Å². The molecule has 0 aromatic heterocycles. The van der Waals surface area contributed by atoms with Crippen molar-refractivity contribution in [3.05, 3.63) is 33.6 Å². The zero-order valence-electron chi connectivity index (χ0n) is 11.9. The van der Waals surface area contributed by atoms with E-state index in [0.717, 1.165) is 13.0 Å². The molecule has 10 heteroatoms. The largest absolute Gasteiger partial charge is 0.480 e. The molecule has 1 rings (SSSR count). The lowest BCUT2D eigenvalue weighted by atomic mass is 10.2. The summed E-state index contributed by atoms with van der Waals surface area (Å²) in [6, 6.07) is 1.39. The number of benzene rings is 1. The number of nitrogens with zero attached hydrogens (tertiary/aromatic N) is 2. The van der Waals surface area contributed by atoms with Crippen LogP contribution >= 0.6 is 0 Å². The van der Waals surface area contributed by atoms with Crippen LogP contribution in [-0.4, -0.2) is 41.8 Å². The molecule has 1 N–H and O–H groups in total. The Labute approximate surface area is 126 Å². The Morgan fingerprint density at radius 1 is 1.45 bits per heavy atom. The van der Waals surface area contributed by atoms with Crippen molar-refractivity contribution in [3.63, 3.8) is 0 Å². The first-order chi connectivity index (χ1) is 10.1. The number of nitro benzene ring substituents is 1. The molecule has 0 aliphatic rings. The molecule has 22 heavy (non-hydrogen) atoms. The third-order valence-electron chi connectivity index (χ3n) is 2.91. The Kier molecular flexibility index (Phi) is 5.55. The Morgan fingerprint density at radius 2 is 2.05 bits per heavy atom. The highest BCUT2D eigenvalue weighted by Crippen LogP contribution is 2.27. The molecule has 0 amide bonds. The molecule has 122 valence electrons. The Balaban J connectivity index is 3.43. The highest BCUT2D eigenvalue weighted by molar-refractivity contribution is 7.89. The summed E-state index contributed by atoms with van der Waals surface area (Å²) in [4.78, 5) is 20.1. The van der Waals surface area contributed by atoms with Crippen molar-refractivity contribution in [2.45, 2.75) is 25.2 Å². The van der Waals surface area contributed by atoms with Crippen molar-refractivity contribution in [3.8, 4) is 0 Å². The van der Waals surface area contributed by atoms with Gasteiger partial charge in [-0.2, -0.15) is 4.31 Å². The standard InChI is InChI=1S/C12H15FN2O6S/c1-3-4-14(7-12(16)17)22(20,21)9-5-10(13)8(2)11(6-9)15(18)19/h5-6H,3-4,7H2,1-2H3,(H,16,17). The smallest absolute Gasteiger partial charge is 0.318 e. The van der Waals surface area contributed by atoms with E-state index < -0.39 is 43.9 Å². The second kappa shape index (κ2) is 6.79. The van der Waals surface area contributed by atoms with Gasteiger partial charge in [-0.25, -0.2) is 12.8 Å². The molecule has 0 unspecified atom stereocenters. The van der Waals surface area contributed by atoms with Gasteiger partial charge in [-0.05, 0) is 19.4 Å². The number of nitro groups is 1. The van der Waals surface area contributed by atoms with E-state index in [4.69, 9.17) is 5.11 Å². The van der Waals surface area contributed by atoms with Gasteiger partial charge in [-0.15, -0.1) is 0 Å². The van der Waals surface area contributed by atoms with Gasteiger partial charge in [0.25, 0.3) is 5.69 Å². The summed E-state index contributed by atoms with van der Waals surface area (Å²) in [7, 11) is -4.35. The number of aliphatic carboxylic acids is 1. The molecule has 0 bridgehead atoms. The minimum absolute atomic E-state index is 0.0993. The van der Waals surface area contributed by atoms with Crippen LogP contribution in [0.1, 0.15) is 18.9 Å². The number of hydrogen-bond acceptors (Lipinski definition) is 5. The maximum atomic E-state index is 13.7. The van der Waals surface area contributed by atoms with Crippen molar-refractivity contribution >= 4 is 21.7 Å². The molecule has 0 radical (unpaired) electrons. The average Bonchev–Trinajstić information content (AvgIpc) is 2.40. The fourth-order valence-electron chi connectivity index (χ4n) is 1.81. The number of carbonyl (C=O) groups is 1. The van der Waals surface area contributed by atoms with Crippen molar-refractivity contribution in [1.29, 1.82) is 0 Å². The molecule has 8 nitrogen and oxygen atoms in total. The van der Waals surface area contributed by atoms with Gasteiger partial charge in [0.2, 0.25) is 10.0 Å². The predicted molar refractivity (Wildman–Crippen MR) is 74.5 cm³/mol. The highest BCUT2D eigenvalue weighted by atomic mass is 32.2. The van der Waals surface area contributed by atoms with Gasteiger partial charge in [0.15, 0.2) is 0 Å². The van der Waals surface area contributed by atoms with E-state index in [1.807, 2.05) is 0 Å². The first kappa shape index (κ1) is 18.0. The molecule has 1 aromatic rings. The fraction of sp³-hybridized carbons (Fsp3) is 0.417. The topological polar surface area (TPSA) is 118 Å². The van der Waals surface area contributed by atoms with Crippen LogP contribution in [0.2, 0.25) is 0 Å². The SMILES string of the molecule is CCCN(CC(=O)O)S(=O)(=O)c1cc(F)c(C)c([N+](=O)[O-])c1. The number of halogens is 1. The van der Waals surface area contributed by atoms with Gasteiger partial charge in [0.1, 0.15) is 12.4 Å². The molecule has 0 spiro atoms. The first-order valence-electron chi connectivity index (χ1n) is 6.27. The predicted octanol–water partition coefficient (Wildman–Crippen LogP) is 1.53. The van der Waals surface area contributed by atoms with Crippen molar-refractivity contribution in [2.24, 2.45) is 0 Å². The molecule has 0 aliphatic heterocycles. The third-order valence-corrected chi connectivity index (χ3v) is 4.73. The summed E-state index contributed by atoms with van der Waals surface area (Å²) in [5.74, 6) is -2.42. The number of sulfonamides is 1. The van der Waals surface area contributed by atoms with Crippen LogP contribution in [0.4, 0.5) is 10.1 Å². The molecule has 0 saturated carbocycles. The highest BCUT2D eigenvalue weighted by Gasteiger charge is 2.29. The summed E-state index contributed by atoms with van der Waals surface area (Å²) >= 11 is 0. The quantitative estimate of drug-likeness (QED) is 0.597. The van der Waals surface area contributed by atoms with Crippen LogP contribution < -0.4 is 0 Å². The molecule has 0 saturated heterocycles. The van der Waals surface area contributed by atoms with Gasteiger partial charge in [0, 0.05) is 12.6 Å². The second-order valence-electron chi connectivity index (χ2n) is 4.54. The van der Waals surface area contributed by atoms with E-state index in [1.165, 1.54) is 0 Å². The number of hydrogen-bond donors (Lipinski definition) is 1. The Hall–Kier alpha value is -2.07. The van der Waals surface area contributed by atoms with E-state index >= 15 is 0 Å². The lowest BCUT2D eigenvalue weighted by molar-refractivity contribution is -0.385. The maximum absolute atomic E-state index is 13.7. The van der Waals surface area contributed by atoms with Gasteiger partial charge in [-0.1, -0.05) is 6.92 Å². The zero-order valence-corrected chi connectivity index (χ0v) is 12.8. The van der Waals surface area contributed by atoms with Gasteiger partial charge in [0.05, 0.1) is 15.4 Å². The number of carboxylic acid groups (broad SMARTS) is 1. The summed E-state index contributed by atoms with van der Waals surface area (Å²) in [6.45, 7) is 1.89. The minimum atomic E-state index is -4.35. The minimum Gasteiger partial charge on any atom is -0.480 e. The molecule has 0 heterocycles. The number of carboxylic acids is 1. The fourth-order valence-corrected chi connectivity index (χ4v) is 3.33. The van der Waals surface area contributed by atoms with Crippen LogP contribution in [0.5, 0.6) is 0 Å². The van der Waals surface area contributed by atoms with E-state index in [1.54, 1.807) is 6.92 Å². The van der Waals surface area contributed by atoms with E-state index in [2.05, 4.69) is 0 Å². The van der Waals surface area contributed by atoms with Gasteiger partial charge >= 0.3 is 5.97 Å². The Morgan fingerprint density at radius 3 is 2.50 bits per heavy atom. The van der Waals surface area contributed by atoms with Crippen LogP contribution in [0, 0.1) is 22.9 Å². The van der Waals surface area contributed by atoms with Gasteiger partial charge < -0.3 is 5.11 Å². The molecular weight excluding hydrogens is 319 g/mol. The summed E-state index contributed by atoms with van der Waals surface area (Å²) in [5.41, 5.74) is -0.963. The van der Waals surface area contributed by atoms with E-state index in [0.29, 0.717) is 16.8 Å².